The van der Waals surface area contributed by atoms with Gasteiger partial charge in [0.05, 0.1) is 16.6 Å². The Hall–Kier alpha value is -3.19. The standard InChI is InChI=1S/C20H17ClN4O3/c1-12-22-19(24-28-12)13-5-4-6-15(9-13)25-11-14(10-18(25)26)20(27)23-17-8-3-2-7-16(17)21/h2-9,14H,10-11H2,1H3,(H,23,27). The number of anilines is 2. The van der Waals surface area contributed by atoms with Gasteiger partial charge in [0.1, 0.15) is 0 Å². The number of amides is 2. The minimum atomic E-state index is -0.458. The Kier molecular flexibility index (Phi) is 4.83. The van der Waals surface area contributed by atoms with Crippen LogP contribution in [0, 0.1) is 12.8 Å². The van der Waals surface area contributed by atoms with Crippen LogP contribution in [0.3, 0.4) is 0 Å². The third kappa shape index (κ3) is 3.61. The molecule has 2 aromatic carbocycles. The quantitative estimate of drug-likeness (QED) is 0.726. The van der Waals surface area contributed by atoms with Gasteiger partial charge in [-0.2, -0.15) is 4.98 Å². The number of hydrogen-bond acceptors (Lipinski definition) is 5. The number of nitrogens with zero attached hydrogens (tertiary/aromatic N) is 3. The Morgan fingerprint density at radius 3 is 2.82 bits per heavy atom. The van der Waals surface area contributed by atoms with E-state index >= 15 is 0 Å². The molecule has 1 aliphatic rings. The van der Waals surface area contributed by atoms with E-state index in [0.717, 1.165) is 5.56 Å². The van der Waals surface area contributed by atoms with Crippen molar-refractivity contribution in [1.29, 1.82) is 0 Å². The summed E-state index contributed by atoms with van der Waals surface area (Å²) in [6, 6.07) is 14.3. The van der Waals surface area contributed by atoms with Gasteiger partial charge in [-0.15, -0.1) is 0 Å². The van der Waals surface area contributed by atoms with Gasteiger partial charge < -0.3 is 14.7 Å². The molecule has 142 valence electrons. The van der Waals surface area contributed by atoms with E-state index in [1.165, 1.54) is 0 Å². The molecular weight excluding hydrogens is 380 g/mol. The zero-order valence-electron chi connectivity index (χ0n) is 15.1. The fourth-order valence-electron chi connectivity index (χ4n) is 3.16. The van der Waals surface area contributed by atoms with Gasteiger partial charge in [-0.25, -0.2) is 0 Å². The monoisotopic (exact) mass is 396 g/mol. The maximum absolute atomic E-state index is 12.6. The van der Waals surface area contributed by atoms with Gasteiger partial charge in [0, 0.05) is 31.1 Å². The number of carbonyl (C=O) groups excluding carboxylic acids is 2. The zero-order chi connectivity index (χ0) is 19.7. The molecule has 1 aromatic heterocycles. The number of aromatic nitrogens is 2. The topological polar surface area (TPSA) is 88.3 Å². The summed E-state index contributed by atoms with van der Waals surface area (Å²) in [6.45, 7) is 2.01. The predicted molar refractivity (Wildman–Crippen MR) is 105 cm³/mol. The SMILES string of the molecule is Cc1nc(-c2cccc(N3CC(C(=O)Nc4ccccc4Cl)CC3=O)c2)no1. The van der Waals surface area contributed by atoms with E-state index in [4.69, 9.17) is 16.1 Å². The molecule has 2 heterocycles. The van der Waals surface area contributed by atoms with Crippen LogP contribution in [-0.2, 0) is 9.59 Å². The third-order valence-electron chi connectivity index (χ3n) is 4.57. The molecule has 1 N–H and O–H groups in total. The molecular formula is C20H17ClN4O3. The van der Waals surface area contributed by atoms with E-state index < -0.39 is 5.92 Å². The largest absolute Gasteiger partial charge is 0.339 e. The first-order valence-electron chi connectivity index (χ1n) is 8.78. The van der Waals surface area contributed by atoms with Crippen LogP contribution in [0.1, 0.15) is 12.3 Å². The van der Waals surface area contributed by atoms with Crippen molar-refractivity contribution in [3.05, 3.63) is 59.4 Å². The number of benzene rings is 2. The molecule has 0 bridgehead atoms. The normalized spacial score (nSPS) is 16.4. The number of carbonyl (C=O) groups is 2. The van der Waals surface area contributed by atoms with Crippen molar-refractivity contribution in [3.63, 3.8) is 0 Å². The molecule has 1 aliphatic heterocycles. The summed E-state index contributed by atoms with van der Waals surface area (Å²) in [5.74, 6) is 0.127. The number of hydrogen-bond donors (Lipinski definition) is 1. The summed E-state index contributed by atoms with van der Waals surface area (Å²) >= 11 is 6.09. The third-order valence-corrected chi connectivity index (χ3v) is 4.90. The average molecular weight is 397 g/mol. The molecule has 8 heteroatoms. The lowest BCUT2D eigenvalue weighted by atomic mass is 10.1. The van der Waals surface area contributed by atoms with E-state index in [0.29, 0.717) is 34.7 Å². The van der Waals surface area contributed by atoms with Gasteiger partial charge in [-0.3, -0.25) is 9.59 Å². The molecule has 0 saturated carbocycles. The first-order chi connectivity index (χ1) is 13.5. The summed E-state index contributed by atoms with van der Waals surface area (Å²) in [7, 11) is 0. The Morgan fingerprint density at radius 1 is 1.25 bits per heavy atom. The molecule has 2 amide bonds. The van der Waals surface area contributed by atoms with Crippen molar-refractivity contribution in [2.24, 2.45) is 5.92 Å². The fraction of sp³-hybridized carbons (Fsp3) is 0.200. The molecule has 0 aliphatic carbocycles. The zero-order valence-corrected chi connectivity index (χ0v) is 15.8. The maximum Gasteiger partial charge on any atom is 0.229 e. The predicted octanol–water partition coefficient (Wildman–Crippen LogP) is 3.69. The second-order valence-corrected chi connectivity index (χ2v) is 6.97. The molecule has 28 heavy (non-hydrogen) atoms. The first-order valence-corrected chi connectivity index (χ1v) is 9.15. The lowest BCUT2D eigenvalue weighted by molar-refractivity contribution is -0.122. The van der Waals surface area contributed by atoms with Gasteiger partial charge in [0.15, 0.2) is 0 Å². The van der Waals surface area contributed by atoms with Crippen molar-refractivity contribution in [3.8, 4) is 11.4 Å². The van der Waals surface area contributed by atoms with Crippen LogP contribution in [0.4, 0.5) is 11.4 Å². The fourth-order valence-corrected chi connectivity index (χ4v) is 3.34. The second kappa shape index (κ2) is 7.44. The Balaban J connectivity index is 1.51. The highest BCUT2D eigenvalue weighted by molar-refractivity contribution is 6.33. The lowest BCUT2D eigenvalue weighted by Gasteiger charge is -2.17. The molecule has 0 radical (unpaired) electrons. The van der Waals surface area contributed by atoms with Crippen molar-refractivity contribution in [1.82, 2.24) is 10.1 Å². The Bertz CT molecular complexity index is 1050. The summed E-state index contributed by atoms with van der Waals surface area (Å²) in [4.78, 5) is 30.9. The van der Waals surface area contributed by atoms with Crippen LogP contribution in [0.5, 0.6) is 0 Å². The maximum atomic E-state index is 12.6. The summed E-state index contributed by atoms with van der Waals surface area (Å²) in [6.07, 6.45) is 0.141. The molecule has 4 rings (SSSR count). The van der Waals surface area contributed by atoms with Gasteiger partial charge in [0.2, 0.25) is 23.5 Å². The number of halogens is 1. The summed E-state index contributed by atoms with van der Waals surface area (Å²) < 4.78 is 5.01. The van der Waals surface area contributed by atoms with Crippen LogP contribution < -0.4 is 10.2 Å². The number of nitrogens with one attached hydrogen (secondary N) is 1. The van der Waals surface area contributed by atoms with Gasteiger partial charge in [0.25, 0.3) is 0 Å². The Morgan fingerprint density at radius 2 is 2.07 bits per heavy atom. The highest BCUT2D eigenvalue weighted by atomic mass is 35.5. The molecule has 1 atom stereocenters. The second-order valence-electron chi connectivity index (χ2n) is 6.56. The van der Waals surface area contributed by atoms with E-state index in [1.54, 1.807) is 36.1 Å². The minimum absolute atomic E-state index is 0.110. The average Bonchev–Trinajstić information content (AvgIpc) is 3.30. The molecule has 0 spiro atoms. The molecule has 7 nitrogen and oxygen atoms in total. The van der Waals surface area contributed by atoms with E-state index in [2.05, 4.69) is 15.5 Å². The molecule has 3 aromatic rings. The molecule has 1 saturated heterocycles. The summed E-state index contributed by atoms with van der Waals surface area (Å²) in [5, 5.41) is 7.17. The van der Waals surface area contributed by atoms with Crippen LogP contribution in [0.25, 0.3) is 11.4 Å². The minimum Gasteiger partial charge on any atom is -0.339 e. The van der Waals surface area contributed by atoms with Gasteiger partial charge in [-0.1, -0.05) is 41.0 Å². The van der Waals surface area contributed by atoms with Crippen LogP contribution >= 0.6 is 11.6 Å². The first kappa shape index (κ1) is 18.2. The van der Waals surface area contributed by atoms with E-state index in [9.17, 15) is 9.59 Å². The molecule has 1 unspecified atom stereocenters. The number of rotatable bonds is 4. The number of aryl methyl sites for hydroxylation is 1. The van der Waals surface area contributed by atoms with Gasteiger partial charge in [-0.05, 0) is 24.3 Å². The van der Waals surface area contributed by atoms with Crippen molar-refractivity contribution in [2.45, 2.75) is 13.3 Å². The van der Waals surface area contributed by atoms with Gasteiger partial charge >= 0.3 is 0 Å². The van der Waals surface area contributed by atoms with E-state index in [-0.39, 0.29) is 18.2 Å². The lowest BCUT2D eigenvalue weighted by Crippen LogP contribution is -2.28. The highest BCUT2D eigenvalue weighted by Gasteiger charge is 2.35. The highest BCUT2D eigenvalue weighted by Crippen LogP contribution is 2.29. The molecule has 1 fully saturated rings. The van der Waals surface area contributed by atoms with Crippen molar-refractivity contribution >= 4 is 34.8 Å². The van der Waals surface area contributed by atoms with Crippen LogP contribution in [-0.4, -0.2) is 28.5 Å². The summed E-state index contributed by atoms with van der Waals surface area (Å²) in [5.41, 5.74) is 1.97. The van der Waals surface area contributed by atoms with E-state index in [1.807, 2.05) is 24.3 Å². The van der Waals surface area contributed by atoms with Crippen molar-refractivity contribution in [2.75, 3.05) is 16.8 Å². The number of para-hydroxylation sites is 1. The van der Waals surface area contributed by atoms with Crippen molar-refractivity contribution < 1.29 is 14.1 Å². The van der Waals surface area contributed by atoms with Crippen LogP contribution in [0.2, 0.25) is 5.02 Å². The Labute approximate surface area is 166 Å². The van der Waals surface area contributed by atoms with Crippen LogP contribution in [0.15, 0.2) is 53.1 Å². The smallest absolute Gasteiger partial charge is 0.229 e.